The highest BCUT2D eigenvalue weighted by Gasteiger charge is 2.29. The van der Waals surface area contributed by atoms with Gasteiger partial charge in [0, 0.05) is 18.4 Å². The van der Waals surface area contributed by atoms with Crippen LogP contribution in [0.25, 0.3) is 11.0 Å². The number of fused-ring (bicyclic) bond motifs is 2. The summed E-state index contributed by atoms with van der Waals surface area (Å²) in [7, 11) is 0. The maximum Gasteiger partial charge on any atom is 0.242 e. The van der Waals surface area contributed by atoms with Gasteiger partial charge in [0.05, 0.1) is 17.6 Å². The number of hydrogen-bond acceptors (Lipinski definition) is 4. The first-order valence-corrected chi connectivity index (χ1v) is 9.01. The number of nitrogens with zero attached hydrogens (tertiary/aromatic N) is 4. The quantitative estimate of drug-likeness (QED) is 0.710. The molecule has 1 aliphatic heterocycles. The fraction of sp³-hybridized carbons (Fsp3) is 0.450. The molecule has 26 heavy (non-hydrogen) atoms. The molecule has 3 aromatic rings. The smallest absolute Gasteiger partial charge is 0.242 e. The van der Waals surface area contributed by atoms with E-state index in [4.69, 9.17) is 4.42 Å². The van der Waals surface area contributed by atoms with Gasteiger partial charge in [-0.1, -0.05) is 32.9 Å². The first-order chi connectivity index (χ1) is 12.3. The van der Waals surface area contributed by atoms with Crippen molar-refractivity contribution < 1.29 is 9.21 Å². The van der Waals surface area contributed by atoms with Crippen LogP contribution in [0, 0.1) is 6.92 Å². The van der Waals surface area contributed by atoms with Crippen LogP contribution in [0.3, 0.4) is 0 Å². The number of benzene rings is 1. The SMILES string of the molecule is Cc1nc2ccccc2n1CC(=O)N1CCc2oc(C(C)(C)C)nc2C1. The number of para-hydroxylation sites is 2. The van der Waals surface area contributed by atoms with Crippen LogP contribution in [0.5, 0.6) is 0 Å². The summed E-state index contributed by atoms with van der Waals surface area (Å²) < 4.78 is 7.90. The van der Waals surface area contributed by atoms with E-state index in [9.17, 15) is 4.79 Å². The van der Waals surface area contributed by atoms with Gasteiger partial charge in [-0.3, -0.25) is 4.79 Å². The molecule has 0 aliphatic carbocycles. The number of aromatic nitrogens is 3. The van der Waals surface area contributed by atoms with E-state index < -0.39 is 0 Å². The second-order valence-corrected chi connectivity index (χ2v) is 7.94. The van der Waals surface area contributed by atoms with E-state index in [1.54, 1.807) is 0 Å². The molecular formula is C20H24N4O2. The number of hydrogen-bond donors (Lipinski definition) is 0. The molecule has 136 valence electrons. The normalized spacial score (nSPS) is 14.7. The van der Waals surface area contributed by atoms with Gasteiger partial charge in [-0.15, -0.1) is 0 Å². The van der Waals surface area contributed by atoms with Gasteiger partial charge in [-0.2, -0.15) is 0 Å². The first kappa shape index (κ1) is 16.8. The second-order valence-electron chi connectivity index (χ2n) is 7.94. The van der Waals surface area contributed by atoms with Crippen LogP contribution in [0.4, 0.5) is 0 Å². The van der Waals surface area contributed by atoms with Crippen molar-refractivity contribution in [1.82, 2.24) is 19.4 Å². The van der Waals surface area contributed by atoms with Gasteiger partial charge in [0.25, 0.3) is 0 Å². The first-order valence-electron chi connectivity index (χ1n) is 9.01. The van der Waals surface area contributed by atoms with E-state index in [1.807, 2.05) is 40.7 Å². The Kier molecular flexibility index (Phi) is 3.86. The monoisotopic (exact) mass is 352 g/mol. The summed E-state index contributed by atoms with van der Waals surface area (Å²) in [5.41, 5.74) is 2.68. The van der Waals surface area contributed by atoms with Gasteiger partial charge in [0.1, 0.15) is 23.8 Å². The molecule has 0 unspecified atom stereocenters. The molecule has 6 nitrogen and oxygen atoms in total. The average Bonchev–Trinajstić information content (AvgIpc) is 3.15. The van der Waals surface area contributed by atoms with E-state index in [2.05, 4.69) is 30.7 Å². The largest absolute Gasteiger partial charge is 0.445 e. The topological polar surface area (TPSA) is 64.2 Å². The molecule has 3 heterocycles. The molecule has 6 heteroatoms. The van der Waals surface area contributed by atoms with Gasteiger partial charge < -0.3 is 13.9 Å². The molecule has 0 bridgehead atoms. The van der Waals surface area contributed by atoms with Crippen LogP contribution in [0.15, 0.2) is 28.7 Å². The third kappa shape index (κ3) is 2.89. The van der Waals surface area contributed by atoms with Crippen LogP contribution in [-0.4, -0.2) is 31.9 Å². The Balaban J connectivity index is 1.54. The van der Waals surface area contributed by atoms with Crippen LogP contribution >= 0.6 is 0 Å². The number of oxazole rings is 1. The van der Waals surface area contributed by atoms with E-state index in [1.165, 1.54) is 0 Å². The maximum atomic E-state index is 12.9. The zero-order chi connectivity index (χ0) is 18.5. The minimum Gasteiger partial charge on any atom is -0.445 e. The van der Waals surface area contributed by atoms with Crippen molar-refractivity contribution in [2.75, 3.05) is 6.54 Å². The predicted molar refractivity (Wildman–Crippen MR) is 98.8 cm³/mol. The van der Waals surface area contributed by atoms with Gasteiger partial charge in [0.2, 0.25) is 5.91 Å². The molecule has 0 radical (unpaired) electrons. The number of aryl methyl sites for hydroxylation is 1. The highest BCUT2D eigenvalue weighted by molar-refractivity contribution is 5.81. The van der Waals surface area contributed by atoms with E-state index in [0.29, 0.717) is 26.1 Å². The second kappa shape index (κ2) is 5.97. The minimum absolute atomic E-state index is 0.0854. The number of amides is 1. The fourth-order valence-electron chi connectivity index (χ4n) is 3.36. The molecule has 1 amide bonds. The lowest BCUT2D eigenvalue weighted by atomic mass is 9.97. The van der Waals surface area contributed by atoms with Crippen LogP contribution in [-0.2, 0) is 29.7 Å². The molecular weight excluding hydrogens is 328 g/mol. The highest BCUT2D eigenvalue weighted by Crippen LogP contribution is 2.27. The number of carbonyl (C=O) groups is 1. The Bertz CT molecular complexity index is 978. The Morgan fingerprint density at radius 1 is 1.23 bits per heavy atom. The Hall–Kier alpha value is -2.63. The van der Waals surface area contributed by atoms with Crippen molar-refractivity contribution in [3.63, 3.8) is 0 Å². The maximum absolute atomic E-state index is 12.9. The Morgan fingerprint density at radius 2 is 2.00 bits per heavy atom. The summed E-state index contributed by atoms with van der Waals surface area (Å²) in [6.07, 6.45) is 0.716. The minimum atomic E-state index is -0.126. The lowest BCUT2D eigenvalue weighted by Gasteiger charge is -2.25. The zero-order valence-electron chi connectivity index (χ0n) is 15.7. The van der Waals surface area contributed by atoms with Crippen LogP contribution in [0.2, 0.25) is 0 Å². The third-order valence-electron chi connectivity index (χ3n) is 4.86. The Morgan fingerprint density at radius 3 is 2.77 bits per heavy atom. The van der Waals surface area contributed by atoms with Gasteiger partial charge >= 0.3 is 0 Å². The lowest BCUT2D eigenvalue weighted by Crippen LogP contribution is -2.38. The van der Waals surface area contributed by atoms with Crippen molar-refractivity contribution in [3.05, 3.63) is 47.4 Å². The van der Waals surface area contributed by atoms with Gasteiger partial charge in [0.15, 0.2) is 5.89 Å². The van der Waals surface area contributed by atoms with Crippen molar-refractivity contribution in [3.8, 4) is 0 Å². The molecule has 2 aromatic heterocycles. The summed E-state index contributed by atoms with van der Waals surface area (Å²) in [6.45, 7) is 9.66. The number of carbonyl (C=O) groups excluding carboxylic acids is 1. The van der Waals surface area contributed by atoms with Gasteiger partial charge in [-0.25, -0.2) is 9.97 Å². The highest BCUT2D eigenvalue weighted by atomic mass is 16.4. The van der Waals surface area contributed by atoms with Crippen molar-refractivity contribution in [2.24, 2.45) is 0 Å². The predicted octanol–water partition coefficient (Wildman–Crippen LogP) is 3.22. The molecule has 0 fully saturated rings. The Labute approximate surface area is 152 Å². The standard InChI is InChI=1S/C20H24N4O2/c1-13-21-14-7-5-6-8-16(14)24(13)12-18(25)23-10-9-17-15(11-23)22-19(26-17)20(2,3)4/h5-8H,9-12H2,1-4H3. The summed E-state index contributed by atoms with van der Waals surface area (Å²) in [6, 6.07) is 7.91. The molecule has 1 aliphatic rings. The summed E-state index contributed by atoms with van der Waals surface area (Å²) in [5, 5.41) is 0. The molecule has 0 spiro atoms. The van der Waals surface area contributed by atoms with Crippen LogP contribution in [0.1, 0.15) is 43.9 Å². The summed E-state index contributed by atoms with van der Waals surface area (Å²) in [4.78, 5) is 23.9. The molecule has 0 atom stereocenters. The summed E-state index contributed by atoms with van der Waals surface area (Å²) >= 11 is 0. The number of imidazole rings is 1. The lowest BCUT2D eigenvalue weighted by molar-refractivity contribution is -0.132. The average molecular weight is 352 g/mol. The molecule has 0 saturated heterocycles. The molecule has 0 saturated carbocycles. The van der Waals surface area contributed by atoms with Crippen molar-refractivity contribution >= 4 is 16.9 Å². The van der Waals surface area contributed by atoms with E-state index >= 15 is 0 Å². The summed E-state index contributed by atoms with van der Waals surface area (Å²) in [5.74, 6) is 2.60. The fourth-order valence-corrected chi connectivity index (χ4v) is 3.36. The van der Waals surface area contributed by atoms with E-state index in [0.717, 1.165) is 34.2 Å². The molecule has 4 rings (SSSR count). The van der Waals surface area contributed by atoms with Crippen LogP contribution < -0.4 is 0 Å². The van der Waals surface area contributed by atoms with Crippen molar-refractivity contribution in [1.29, 1.82) is 0 Å². The van der Waals surface area contributed by atoms with Gasteiger partial charge in [-0.05, 0) is 19.1 Å². The van der Waals surface area contributed by atoms with Crippen molar-refractivity contribution in [2.45, 2.75) is 52.6 Å². The number of rotatable bonds is 2. The third-order valence-corrected chi connectivity index (χ3v) is 4.86. The molecule has 1 aromatic carbocycles. The zero-order valence-corrected chi connectivity index (χ0v) is 15.7. The molecule has 0 N–H and O–H groups in total. The van der Waals surface area contributed by atoms with E-state index in [-0.39, 0.29) is 11.3 Å².